The van der Waals surface area contributed by atoms with Gasteiger partial charge in [0.15, 0.2) is 0 Å². The molecule has 2 nitrogen and oxygen atoms in total. The lowest BCUT2D eigenvalue weighted by Crippen LogP contribution is -2.50. The van der Waals surface area contributed by atoms with Crippen molar-refractivity contribution in [3.05, 3.63) is 16.1 Å². The number of thiazole rings is 1. The fourth-order valence-electron chi connectivity index (χ4n) is 3.47. The van der Waals surface area contributed by atoms with Crippen LogP contribution in [0, 0.1) is 11.8 Å². The predicted molar refractivity (Wildman–Crippen MR) is 93.0 cm³/mol. The average molecular weight is 309 g/mol. The first kappa shape index (κ1) is 17.0. The van der Waals surface area contributed by atoms with Crippen LogP contribution in [0.3, 0.4) is 0 Å². The van der Waals surface area contributed by atoms with E-state index in [4.69, 9.17) is 4.98 Å². The summed E-state index contributed by atoms with van der Waals surface area (Å²) in [6.45, 7) is 14.9. The van der Waals surface area contributed by atoms with Crippen LogP contribution in [0.5, 0.6) is 0 Å². The molecule has 120 valence electrons. The van der Waals surface area contributed by atoms with Crippen molar-refractivity contribution in [2.45, 2.75) is 78.2 Å². The lowest BCUT2D eigenvalue weighted by atomic mass is 9.70. The summed E-state index contributed by atoms with van der Waals surface area (Å²) in [6.07, 6.45) is 5.03. The first-order valence-electron chi connectivity index (χ1n) is 8.51. The topological polar surface area (TPSA) is 24.9 Å². The standard InChI is InChI=1S/C18H32N2S/c1-7-10-19-18(9-8-13(2)11-14(18)3)16-20-15(12-21-16)17(4,5)6/h12-14,19H,7-11H2,1-6H3. The van der Waals surface area contributed by atoms with Gasteiger partial charge in [0.2, 0.25) is 0 Å². The van der Waals surface area contributed by atoms with Crippen LogP contribution in [-0.2, 0) is 11.0 Å². The lowest BCUT2D eigenvalue weighted by molar-refractivity contribution is 0.121. The van der Waals surface area contributed by atoms with Crippen molar-refractivity contribution in [3.63, 3.8) is 0 Å². The van der Waals surface area contributed by atoms with Crippen LogP contribution in [0.1, 0.15) is 77.9 Å². The van der Waals surface area contributed by atoms with Gasteiger partial charge >= 0.3 is 0 Å². The SMILES string of the molecule is CCCNC1(c2nc(C(C)(C)C)cs2)CCC(C)CC1C. The Kier molecular flexibility index (Phi) is 5.15. The molecule has 1 saturated carbocycles. The molecule has 1 aromatic rings. The number of nitrogens with zero attached hydrogens (tertiary/aromatic N) is 1. The highest BCUT2D eigenvalue weighted by Gasteiger charge is 2.43. The number of hydrogen-bond donors (Lipinski definition) is 1. The van der Waals surface area contributed by atoms with Crippen LogP contribution < -0.4 is 5.32 Å². The van der Waals surface area contributed by atoms with E-state index in [9.17, 15) is 0 Å². The van der Waals surface area contributed by atoms with Crippen molar-refractivity contribution in [2.24, 2.45) is 11.8 Å². The first-order valence-corrected chi connectivity index (χ1v) is 9.39. The van der Waals surface area contributed by atoms with Crippen molar-refractivity contribution >= 4 is 11.3 Å². The van der Waals surface area contributed by atoms with Gasteiger partial charge in [0.1, 0.15) is 5.01 Å². The van der Waals surface area contributed by atoms with Gasteiger partial charge in [-0.3, -0.25) is 0 Å². The highest BCUT2D eigenvalue weighted by molar-refractivity contribution is 7.09. The van der Waals surface area contributed by atoms with Crippen molar-refractivity contribution in [3.8, 4) is 0 Å². The largest absolute Gasteiger partial charge is 0.305 e. The van der Waals surface area contributed by atoms with Gasteiger partial charge in [-0.05, 0) is 44.1 Å². The summed E-state index contributed by atoms with van der Waals surface area (Å²) in [5.41, 5.74) is 1.49. The van der Waals surface area contributed by atoms with E-state index < -0.39 is 0 Å². The highest BCUT2D eigenvalue weighted by Crippen LogP contribution is 2.45. The van der Waals surface area contributed by atoms with Crippen molar-refractivity contribution < 1.29 is 0 Å². The summed E-state index contributed by atoms with van der Waals surface area (Å²) < 4.78 is 0. The fraction of sp³-hybridized carbons (Fsp3) is 0.833. The Balaban J connectivity index is 2.33. The Hall–Kier alpha value is -0.410. The minimum atomic E-state index is 0.108. The van der Waals surface area contributed by atoms with Gasteiger partial charge in [-0.2, -0.15) is 0 Å². The van der Waals surface area contributed by atoms with Crippen LogP contribution in [0.15, 0.2) is 5.38 Å². The second-order valence-electron chi connectivity index (χ2n) is 7.97. The molecule has 1 aliphatic carbocycles. The molecule has 1 aromatic heterocycles. The molecule has 1 aliphatic rings. The molecular formula is C18H32N2S. The maximum atomic E-state index is 5.06. The zero-order chi connectivity index (χ0) is 15.7. The summed E-state index contributed by atoms with van der Waals surface area (Å²) in [6, 6.07) is 0. The summed E-state index contributed by atoms with van der Waals surface area (Å²) in [7, 11) is 0. The van der Waals surface area contributed by atoms with E-state index in [0.717, 1.165) is 12.5 Å². The maximum absolute atomic E-state index is 5.06. The van der Waals surface area contributed by atoms with Gasteiger partial charge in [-0.25, -0.2) is 4.98 Å². The van der Waals surface area contributed by atoms with Gasteiger partial charge in [0.05, 0.1) is 11.2 Å². The van der Waals surface area contributed by atoms with E-state index in [1.807, 2.05) is 11.3 Å². The molecule has 2 rings (SSSR count). The smallest absolute Gasteiger partial charge is 0.113 e. The van der Waals surface area contributed by atoms with Gasteiger partial charge in [0, 0.05) is 10.8 Å². The molecule has 1 N–H and O–H groups in total. The Bertz CT molecular complexity index is 456. The van der Waals surface area contributed by atoms with Crippen LogP contribution in [0.4, 0.5) is 0 Å². The molecule has 3 unspecified atom stereocenters. The van der Waals surface area contributed by atoms with Gasteiger partial charge in [-0.15, -0.1) is 11.3 Å². The zero-order valence-corrected chi connectivity index (χ0v) is 15.4. The lowest BCUT2D eigenvalue weighted by Gasteiger charge is -2.44. The Labute approximate surface area is 134 Å². The van der Waals surface area contributed by atoms with Gasteiger partial charge in [0.25, 0.3) is 0 Å². The van der Waals surface area contributed by atoms with E-state index in [1.165, 1.54) is 36.4 Å². The normalized spacial score (nSPS) is 30.6. The van der Waals surface area contributed by atoms with Crippen molar-refractivity contribution in [1.29, 1.82) is 0 Å². The third-order valence-electron chi connectivity index (χ3n) is 4.97. The fourth-order valence-corrected chi connectivity index (χ4v) is 4.84. The van der Waals surface area contributed by atoms with Crippen LogP contribution >= 0.6 is 11.3 Å². The number of rotatable bonds is 4. The van der Waals surface area contributed by atoms with E-state index in [-0.39, 0.29) is 11.0 Å². The monoisotopic (exact) mass is 308 g/mol. The second-order valence-corrected chi connectivity index (χ2v) is 8.82. The molecular weight excluding hydrogens is 276 g/mol. The third kappa shape index (κ3) is 3.50. The summed E-state index contributed by atoms with van der Waals surface area (Å²) in [4.78, 5) is 5.06. The number of nitrogens with one attached hydrogen (secondary N) is 1. The van der Waals surface area contributed by atoms with Gasteiger partial charge in [-0.1, -0.05) is 41.5 Å². The minimum absolute atomic E-state index is 0.108. The van der Waals surface area contributed by atoms with Crippen LogP contribution in [-0.4, -0.2) is 11.5 Å². The van der Waals surface area contributed by atoms with Crippen LogP contribution in [0.25, 0.3) is 0 Å². The molecule has 21 heavy (non-hydrogen) atoms. The van der Waals surface area contributed by atoms with Crippen molar-refractivity contribution in [2.75, 3.05) is 6.54 Å². The van der Waals surface area contributed by atoms with Gasteiger partial charge < -0.3 is 5.32 Å². The molecule has 0 aromatic carbocycles. The molecule has 0 radical (unpaired) electrons. The summed E-state index contributed by atoms with van der Waals surface area (Å²) >= 11 is 1.86. The quantitative estimate of drug-likeness (QED) is 0.838. The van der Waals surface area contributed by atoms with E-state index in [1.54, 1.807) is 0 Å². The van der Waals surface area contributed by atoms with Crippen molar-refractivity contribution in [1.82, 2.24) is 10.3 Å². The molecule has 0 spiro atoms. The molecule has 0 aliphatic heterocycles. The molecule has 1 heterocycles. The van der Waals surface area contributed by atoms with E-state index in [2.05, 4.69) is 52.2 Å². The third-order valence-corrected chi connectivity index (χ3v) is 5.99. The highest BCUT2D eigenvalue weighted by atomic mass is 32.1. The predicted octanol–water partition coefficient (Wildman–Crippen LogP) is 5.09. The molecule has 3 atom stereocenters. The molecule has 0 amide bonds. The summed E-state index contributed by atoms with van der Waals surface area (Å²) in [5.74, 6) is 1.50. The Morgan fingerprint density at radius 1 is 1.38 bits per heavy atom. The number of aromatic nitrogens is 1. The Morgan fingerprint density at radius 3 is 2.62 bits per heavy atom. The number of hydrogen-bond acceptors (Lipinski definition) is 3. The minimum Gasteiger partial charge on any atom is -0.305 e. The second kappa shape index (κ2) is 6.37. The molecule has 0 saturated heterocycles. The molecule has 1 fully saturated rings. The maximum Gasteiger partial charge on any atom is 0.113 e. The molecule has 3 heteroatoms. The Morgan fingerprint density at radius 2 is 2.10 bits per heavy atom. The first-order chi connectivity index (χ1) is 9.79. The van der Waals surface area contributed by atoms with Crippen LogP contribution in [0.2, 0.25) is 0 Å². The molecule has 0 bridgehead atoms. The average Bonchev–Trinajstić information content (AvgIpc) is 2.88. The van der Waals surface area contributed by atoms with E-state index in [0.29, 0.717) is 5.92 Å². The summed E-state index contributed by atoms with van der Waals surface area (Å²) in [5, 5.41) is 7.48. The zero-order valence-electron chi connectivity index (χ0n) is 14.6. The van der Waals surface area contributed by atoms with E-state index >= 15 is 0 Å².